The van der Waals surface area contributed by atoms with E-state index in [1.165, 1.54) is 15.4 Å². The van der Waals surface area contributed by atoms with Gasteiger partial charge in [-0.15, -0.1) is 0 Å². The molecule has 0 heterocycles. The highest BCUT2D eigenvalue weighted by Gasteiger charge is 1.62. The summed E-state index contributed by atoms with van der Waals surface area (Å²) in [5, 5.41) is 1.51. The molecule has 0 aromatic heterocycles. The van der Waals surface area contributed by atoms with E-state index in [1.807, 2.05) is 0 Å². The first kappa shape index (κ1) is 5.69. The minimum Gasteiger partial charge on any atom is -0.0889 e. The maximum Gasteiger partial charge on any atom is 0.0335 e. The van der Waals surface area contributed by atoms with Gasteiger partial charge < -0.3 is 0 Å². The summed E-state index contributed by atoms with van der Waals surface area (Å²) in [6.45, 7) is 2.14. The van der Waals surface area contributed by atoms with Crippen LogP contribution in [0.25, 0.3) is 0 Å². The number of hydrogen-bond acceptors (Lipinski definition) is 0. The lowest BCUT2D eigenvalue weighted by molar-refractivity contribution is 1.71. The van der Waals surface area contributed by atoms with Crippen LogP contribution >= 0.6 is 22.6 Å². The molecule has 2 heteroatoms. The van der Waals surface area contributed by atoms with E-state index in [-0.39, 0.29) is 0 Å². The van der Waals surface area contributed by atoms with E-state index in [2.05, 4.69) is 33.6 Å². The molecular weight excluding hydrogens is 191 g/mol. The van der Waals surface area contributed by atoms with Crippen molar-refractivity contribution in [3.8, 4) is 0 Å². The predicted molar refractivity (Wildman–Crippen MR) is 37.7 cm³/mol. The highest BCUT2D eigenvalue weighted by molar-refractivity contribution is 14.1. The van der Waals surface area contributed by atoms with E-state index in [0.29, 0.717) is 0 Å². The van der Waals surface area contributed by atoms with Crippen LogP contribution in [-0.2, 0) is 0 Å². The molecule has 0 nitrogen and oxygen atoms in total. The summed E-state index contributed by atoms with van der Waals surface area (Å²) in [4.78, 5) is 0. The molecule has 0 bridgehead atoms. The average Bonchev–Trinajstić information content (AvgIpc) is 1.38. The molecular formula is C3H7ISi. The van der Waals surface area contributed by atoms with Crippen LogP contribution in [0.4, 0.5) is 0 Å². The van der Waals surface area contributed by atoms with Gasteiger partial charge in [0, 0.05) is 10.2 Å². The molecule has 0 fully saturated rings. The van der Waals surface area contributed by atoms with Crippen molar-refractivity contribution < 1.29 is 0 Å². The van der Waals surface area contributed by atoms with Crippen LogP contribution in [0.1, 0.15) is 6.92 Å². The van der Waals surface area contributed by atoms with Gasteiger partial charge in [-0.1, -0.05) is 27.8 Å². The zero-order valence-electron chi connectivity index (χ0n) is 3.46. The molecule has 0 radical (unpaired) electrons. The molecule has 0 aliphatic carbocycles. The fraction of sp³-hybridized carbons (Fsp3) is 0.333. The molecule has 0 rings (SSSR count). The lowest BCUT2D eigenvalue weighted by Gasteiger charge is -1.72. The quantitative estimate of drug-likeness (QED) is 0.396. The van der Waals surface area contributed by atoms with Gasteiger partial charge >= 0.3 is 0 Å². The second kappa shape index (κ2) is 2.90. The Morgan fingerprint density at radius 1 is 2.00 bits per heavy atom. The Balaban J connectivity index is 3.14. The van der Waals surface area contributed by atoms with E-state index in [9.17, 15) is 0 Å². The zero-order chi connectivity index (χ0) is 4.28. The van der Waals surface area contributed by atoms with Crippen molar-refractivity contribution in [1.29, 1.82) is 0 Å². The van der Waals surface area contributed by atoms with Crippen LogP contribution in [0.3, 0.4) is 0 Å². The monoisotopic (exact) mass is 198 g/mol. The van der Waals surface area contributed by atoms with Crippen molar-refractivity contribution in [2.24, 2.45) is 0 Å². The summed E-state index contributed by atoms with van der Waals surface area (Å²) in [5.41, 5.74) is 0. The molecule has 0 atom stereocenters. The molecule has 0 aliphatic heterocycles. The summed E-state index contributed by atoms with van der Waals surface area (Å²) >= 11 is 2.25. The van der Waals surface area contributed by atoms with Crippen LogP contribution in [-0.4, -0.2) is 10.2 Å². The first-order valence-electron chi connectivity index (χ1n) is 1.51. The van der Waals surface area contributed by atoms with Gasteiger partial charge in [0.25, 0.3) is 0 Å². The Hall–Kier alpha value is 0.687. The standard InChI is InChI=1S/C3H7ISi/c1-3(5)2-4/h2H,1,5H3. The Bertz CT molecular complexity index is 44.9. The summed E-state index contributed by atoms with van der Waals surface area (Å²) in [6, 6.07) is 0. The smallest absolute Gasteiger partial charge is 0.0335 e. The van der Waals surface area contributed by atoms with Crippen LogP contribution in [0.5, 0.6) is 0 Å². The molecule has 0 spiro atoms. The number of allylic oxidation sites excluding steroid dienone is 1. The molecule has 0 N–H and O–H groups in total. The van der Waals surface area contributed by atoms with Gasteiger partial charge in [0.05, 0.1) is 0 Å². The van der Waals surface area contributed by atoms with Crippen LogP contribution in [0.2, 0.25) is 0 Å². The Morgan fingerprint density at radius 3 is 2.20 bits per heavy atom. The topological polar surface area (TPSA) is 0 Å². The molecule has 5 heavy (non-hydrogen) atoms. The first-order chi connectivity index (χ1) is 2.27. The van der Waals surface area contributed by atoms with Crippen molar-refractivity contribution in [2.45, 2.75) is 6.92 Å². The molecule has 0 aliphatic rings. The predicted octanol–water partition coefficient (Wildman–Crippen LogP) is 0.648. The maximum atomic E-state index is 2.25. The maximum absolute atomic E-state index is 2.25. The van der Waals surface area contributed by atoms with Gasteiger partial charge in [-0.3, -0.25) is 0 Å². The molecule has 0 saturated carbocycles. The van der Waals surface area contributed by atoms with Gasteiger partial charge in [-0.05, 0) is 11.0 Å². The van der Waals surface area contributed by atoms with Gasteiger partial charge in [0.1, 0.15) is 0 Å². The SMILES string of the molecule is CC([SiH3])=CI. The van der Waals surface area contributed by atoms with Crippen molar-refractivity contribution in [3.63, 3.8) is 0 Å². The summed E-state index contributed by atoms with van der Waals surface area (Å²) < 4.78 is 2.12. The third kappa shape index (κ3) is 4.69. The molecule has 0 aromatic rings. The summed E-state index contributed by atoms with van der Waals surface area (Å²) in [6.07, 6.45) is 0. The number of rotatable bonds is 0. The van der Waals surface area contributed by atoms with E-state index < -0.39 is 0 Å². The highest BCUT2D eigenvalue weighted by Crippen LogP contribution is 1.88. The lowest BCUT2D eigenvalue weighted by atomic mass is 10.8. The Labute approximate surface area is 49.2 Å². The van der Waals surface area contributed by atoms with E-state index >= 15 is 0 Å². The average molecular weight is 198 g/mol. The van der Waals surface area contributed by atoms with Crippen molar-refractivity contribution in [2.75, 3.05) is 0 Å². The van der Waals surface area contributed by atoms with Gasteiger partial charge in [-0.25, -0.2) is 0 Å². The van der Waals surface area contributed by atoms with Crippen LogP contribution < -0.4 is 0 Å². The fourth-order valence-electron chi connectivity index (χ4n) is 0. The number of hydrogen-bond donors (Lipinski definition) is 0. The molecule has 30 valence electrons. The van der Waals surface area contributed by atoms with E-state index in [1.54, 1.807) is 0 Å². The minimum absolute atomic E-state index is 1.22. The van der Waals surface area contributed by atoms with Gasteiger partial charge in [-0.2, -0.15) is 0 Å². The van der Waals surface area contributed by atoms with Crippen molar-refractivity contribution in [3.05, 3.63) is 9.28 Å². The van der Waals surface area contributed by atoms with Crippen LogP contribution in [0.15, 0.2) is 9.28 Å². The van der Waals surface area contributed by atoms with E-state index in [4.69, 9.17) is 0 Å². The largest absolute Gasteiger partial charge is 0.0889 e. The highest BCUT2D eigenvalue weighted by atomic mass is 127. The van der Waals surface area contributed by atoms with Gasteiger partial charge in [0.2, 0.25) is 0 Å². The van der Waals surface area contributed by atoms with Gasteiger partial charge in [0.15, 0.2) is 0 Å². The van der Waals surface area contributed by atoms with Crippen LogP contribution in [0, 0.1) is 0 Å². The second-order valence-corrected chi connectivity index (χ2v) is 3.39. The Kier molecular flexibility index (Phi) is 3.30. The third-order valence-electron chi connectivity index (χ3n) is 0.218. The Morgan fingerprint density at radius 2 is 2.20 bits per heavy atom. The van der Waals surface area contributed by atoms with Crippen molar-refractivity contribution in [1.82, 2.24) is 0 Å². The normalized spacial score (nSPS) is 12.8. The lowest BCUT2D eigenvalue weighted by Crippen LogP contribution is -1.60. The molecule has 0 aromatic carbocycles. The summed E-state index contributed by atoms with van der Waals surface area (Å²) in [5.74, 6) is 0. The van der Waals surface area contributed by atoms with Crippen molar-refractivity contribution >= 4 is 32.8 Å². The first-order valence-corrected chi connectivity index (χ1v) is 3.75. The zero-order valence-corrected chi connectivity index (χ0v) is 7.61. The number of halogens is 1. The second-order valence-electron chi connectivity index (χ2n) is 1.19. The minimum atomic E-state index is 1.22. The summed E-state index contributed by atoms with van der Waals surface area (Å²) in [7, 11) is 1.22. The van der Waals surface area contributed by atoms with E-state index in [0.717, 1.165) is 0 Å². The fourth-order valence-corrected chi connectivity index (χ4v) is 0. The molecule has 0 amide bonds. The molecule has 0 saturated heterocycles. The molecule has 0 unspecified atom stereocenters. The third-order valence-corrected chi connectivity index (χ3v) is 2.93.